The number of anilines is 1. The van der Waals surface area contributed by atoms with E-state index >= 15 is 0 Å². The second kappa shape index (κ2) is 6.04. The summed E-state index contributed by atoms with van der Waals surface area (Å²) in [5, 5.41) is 10.2. The van der Waals surface area contributed by atoms with Crippen molar-refractivity contribution in [2.75, 3.05) is 11.9 Å². The maximum atomic E-state index is 9.43. The van der Waals surface area contributed by atoms with Crippen molar-refractivity contribution in [3.8, 4) is 0 Å². The molecule has 19 heavy (non-hydrogen) atoms. The summed E-state index contributed by atoms with van der Waals surface area (Å²) in [6.07, 6.45) is 1.22. The first-order valence-electron chi connectivity index (χ1n) is 6.16. The van der Waals surface area contributed by atoms with Crippen molar-refractivity contribution >= 4 is 17.3 Å². The molecule has 0 saturated heterocycles. The summed E-state index contributed by atoms with van der Waals surface area (Å²) in [5.74, 6) is 0. The van der Waals surface area contributed by atoms with Gasteiger partial charge in [-0.1, -0.05) is 29.8 Å². The maximum Gasteiger partial charge on any atom is 0.0931 e. The summed E-state index contributed by atoms with van der Waals surface area (Å²) >= 11 is 6.15. The molecule has 2 rings (SSSR count). The number of aromatic nitrogens is 1. The van der Waals surface area contributed by atoms with Gasteiger partial charge in [0.05, 0.1) is 23.7 Å². The fraction of sp³-hybridized carbons (Fsp3) is 0.267. The van der Waals surface area contributed by atoms with Gasteiger partial charge in [-0.05, 0) is 30.7 Å². The van der Waals surface area contributed by atoms with Crippen molar-refractivity contribution in [2.45, 2.75) is 19.6 Å². The molecule has 1 atom stereocenters. The molecule has 0 fully saturated rings. The van der Waals surface area contributed by atoms with Gasteiger partial charge in [0.1, 0.15) is 0 Å². The van der Waals surface area contributed by atoms with E-state index in [1.165, 1.54) is 0 Å². The highest BCUT2D eigenvalue weighted by atomic mass is 35.5. The van der Waals surface area contributed by atoms with Crippen LogP contribution in [0.1, 0.15) is 24.3 Å². The van der Waals surface area contributed by atoms with Crippen LogP contribution in [-0.2, 0) is 6.54 Å². The highest BCUT2D eigenvalue weighted by Crippen LogP contribution is 2.21. The first-order valence-corrected chi connectivity index (χ1v) is 6.54. The summed E-state index contributed by atoms with van der Waals surface area (Å²) in [7, 11) is 1.99. The van der Waals surface area contributed by atoms with Gasteiger partial charge in [-0.3, -0.25) is 4.98 Å². The molecule has 1 aromatic carbocycles. The quantitative estimate of drug-likeness (QED) is 0.929. The summed E-state index contributed by atoms with van der Waals surface area (Å²) in [4.78, 5) is 6.31. The van der Waals surface area contributed by atoms with Crippen molar-refractivity contribution in [3.63, 3.8) is 0 Å². The van der Waals surface area contributed by atoms with E-state index in [0.29, 0.717) is 5.69 Å². The van der Waals surface area contributed by atoms with Crippen LogP contribution in [0.4, 0.5) is 5.69 Å². The fourth-order valence-corrected chi connectivity index (χ4v) is 2.04. The Bertz CT molecular complexity index is 540. The monoisotopic (exact) mass is 276 g/mol. The Labute approximate surface area is 118 Å². The van der Waals surface area contributed by atoms with Crippen LogP contribution in [0.15, 0.2) is 42.6 Å². The van der Waals surface area contributed by atoms with Crippen LogP contribution in [0.2, 0.25) is 5.02 Å². The third kappa shape index (κ3) is 3.46. The highest BCUT2D eigenvalue weighted by molar-refractivity contribution is 6.31. The molecule has 0 aliphatic carbocycles. The van der Waals surface area contributed by atoms with Crippen molar-refractivity contribution in [2.24, 2.45) is 0 Å². The van der Waals surface area contributed by atoms with E-state index in [0.717, 1.165) is 22.8 Å². The predicted molar refractivity (Wildman–Crippen MR) is 78.4 cm³/mol. The zero-order valence-electron chi connectivity index (χ0n) is 11.0. The smallest absolute Gasteiger partial charge is 0.0931 e. The van der Waals surface area contributed by atoms with Crippen LogP contribution in [0.5, 0.6) is 0 Å². The number of halogens is 1. The van der Waals surface area contributed by atoms with Gasteiger partial charge < -0.3 is 10.0 Å². The van der Waals surface area contributed by atoms with Crippen LogP contribution < -0.4 is 4.90 Å². The Morgan fingerprint density at radius 2 is 2.00 bits per heavy atom. The Hall–Kier alpha value is -1.58. The summed E-state index contributed by atoms with van der Waals surface area (Å²) in [6.45, 7) is 2.42. The lowest BCUT2D eigenvalue weighted by Gasteiger charge is -2.20. The molecule has 100 valence electrons. The lowest BCUT2D eigenvalue weighted by atomic mass is 10.2. The average Bonchev–Trinajstić information content (AvgIpc) is 2.41. The Kier molecular flexibility index (Phi) is 4.40. The predicted octanol–water partition coefficient (Wildman–Crippen LogP) is 3.42. The van der Waals surface area contributed by atoms with Crippen LogP contribution in [0.3, 0.4) is 0 Å². The van der Waals surface area contributed by atoms with Crippen molar-refractivity contribution < 1.29 is 5.11 Å². The van der Waals surface area contributed by atoms with Gasteiger partial charge in [0.2, 0.25) is 0 Å². The number of nitrogens with zero attached hydrogens (tertiary/aromatic N) is 2. The van der Waals surface area contributed by atoms with E-state index in [1.807, 2.05) is 43.4 Å². The van der Waals surface area contributed by atoms with Gasteiger partial charge in [0.15, 0.2) is 0 Å². The molecule has 4 heteroatoms. The molecule has 0 amide bonds. The van der Waals surface area contributed by atoms with Gasteiger partial charge >= 0.3 is 0 Å². The number of aliphatic hydroxyl groups is 1. The Balaban J connectivity index is 2.12. The molecular formula is C15H17ClN2O. The molecule has 2 aromatic rings. The van der Waals surface area contributed by atoms with Crippen LogP contribution in [-0.4, -0.2) is 17.1 Å². The van der Waals surface area contributed by atoms with Crippen molar-refractivity contribution in [3.05, 3.63) is 58.9 Å². The third-order valence-electron chi connectivity index (χ3n) is 3.00. The van der Waals surface area contributed by atoms with Gasteiger partial charge in [-0.15, -0.1) is 0 Å². The minimum absolute atomic E-state index is 0.539. The number of aliphatic hydroxyl groups excluding tert-OH is 1. The van der Waals surface area contributed by atoms with E-state index in [4.69, 9.17) is 11.6 Å². The average molecular weight is 277 g/mol. The highest BCUT2D eigenvalue weighted by Gasteiger charge is 2.07. The van der Waals surface area contributed by atoms with Crippen LogP contribution in [0, 0.1) is 0 Å². The number of pyridine rings is 1. The van der Waals surface area contributed by atoms with Gasteiger partial charge in [0.25, 0.3) is 0 Å². The summed E-state index contributed by atoms with van der Waals surface area (Å²) < 4.78 is 0. The van der Waals surface area contributed by atoms with E-state index < -0.39 is 6.10 Å². The molecular weight excluding hydrogens is 260 g/mol. The second-order valence-corrected chi connectivity index (χ2v) is 4.97. The van der Waals surface area contributed by atoms with E-state index in [1.54, 1.807) is 13.1 Å². The third-order valence-corrected chi connectivity index (χ3v) is 3.37. The number of hydrogen-bond donors (Lipinski definition) is 1. The largest absolute Gasteiger partial charge is 0.387 e. The lowest BCUT2D eigenvalue weighted by molar-refractivity contribution is 0.194. The minimum atomic E-state index is -0.539. The zero-order chi connectivity index (χ0) is 13.8. The Morgan fingerprint density at radius 1 is 1.26 bits per heavy atom. The van der Waals surface area contributed by atoms with E-state index in [2.05, 4.69) is 9.88 Å². The first kappa shape index (κ1) is 13.8. The second-order valence-electron chi connectivity index (χ2n) is 4.56. The maximum absolute atomic E-state index is 9.43. The van der Waals surface area contributed by atoms with Crippen molar-refractivity contribution in [1.82, 2.24) is 4.98 Å². The van der Waals surface area contributed by atoms with E-state index in [-0.39, 0.29) is 0 Å². The molecule has 3 nitrogen and oxygen atoms in total. The summed E-state index contributed by atoms with van der Waals surface area (Å²) in [5.41, 5.74) is 2.74. The molecule has 0 saturated carbocycles. The molecule has 0 unspecified atom stereocenters. The van der Waals surface area contributed by atoms with Gasteiger partial charge in [-0.2, -0.15) is 0 Å². The molecule has 0 aliphatic heterocycles. The normalized spacial score (nSPS) is 12.2. The van der Waals surface area contributed by atoms with Gasteiger partial charge in [0, 0.05) is 18.6 Å². The standard InChI is InChI=1S/C15H17ClN2O/c1-11(19)15-8-7-13(9-17-15)18(2)10-12-5-3-4-6-14(12)16/h3-9,11,19H,10H2,1-2H3/t11-/m0/s1. The van der Waals surface area contributed by atoms with Crippen LogP contribution in [0.25, 0.3) is 0 Å². The Morgan fingerprint density at radius 3 is 2.58 bits per heavy atom. The van der Waals surface area contributed by atoms with E-state index in [9.17, 15) is 5.11 Å². The van der Waals surface area contributed by atoms with Gasteiger partial charge in [-0.25, -0.2) is 0 Å². The topological polar surface area (TPSA) is 36.4 Å². The molecule has 0 bridgehead atoms. The lowest BCUT2D eigenvalue weighted by Crippen LogP contribution is -2.17. The first-order chi connectivity index (χ1) is 9.08. The molecule has 0 radical (unpaired) electrons. The number of rotatable bonds is 4. The molecule has 1 aromatic heterocycles. The molecule has 1 N–H and O–H groups in total. The number of hydrogen-bond acceptors (Lipinski definition) is 3. The minimum Gasteiger partial charge on any atom is -0.387 e. The molecule has 1 heterocycles. The molecule has 0 aliphatic rings. The van der Waals surface area contributed by atoms with Crippen molar-refractivity contribution in [1.29, 1.82) is 0 Å². The fourth-order valence-electron chi connectivity index (χ4n) is 1.84. The molecule has 0 spiro atoms. The SMILES string of the molecule is C[C@H](O)c1ccc(N(C)Cc2ccccc2Cl)cn1. The zero-order valence-corrected chi connectivity index (χ0v) is 11.8. The summed E-state index contributed by atoms with van der Waals surface area (Å²) in [6, 6.07) is 11.6. The number of benzene rings is 1. The van der Waals surface area contributed by atoms with Crippen LogP contribution >= 0.6 is 11.6 Å².